The van der Waals surface area contributed by atoms with E-state index in [1.54, 1.807) is 24.3 Å². The second-order valence-electron chi connectivity index (χ2n) is 8.82. The maximum Gasteiger partial charge on any atom is 0.166 e. The molecule has 0 unspecified atom stereocenters. The predicted octanol–water partition coefficient (Wildman–Crippen LogP) is 7.78. The summed E-state index contributed by atoms with van der Waals surface area (Å²) in [6.07, 6.45) is 4.96. The summed E-state index contributed by atoms with van der Waals surface area (Å²) in [6.45, 7) is 2.38. The third-order valence-electron chi connectivity index (χ3n) is 6.73. The van der Waals surface area contributed by atoms with Crippen molar-refractivity contribution >= 4 is 0 Å². The number of aromatic hydroxyl groups is 1. The van der Waals surface area contributed by atoms with Crippen molar-refractivity contribution in [2.24, 2.45) is 5.92 Å². The van der Waals surface area contributed by atoms with E-state index < -0.39 is 11.6 Å². The lowest BCUT2D eigenvalue weighted by Gasteiger charge is -2.29. The summed E-state index contributed by atoms with van der Waals surface area (Å²) in [6, 6.07) is 14.4. The predicted molar refractivity (Wildman–Crippen MR) is 124 cm³/mol. The summed E-state index contributed by atoms with van der Waals surface area (Å²) in [5, 5.41) is 9.40. The zero-order valence-corrected chi connectivity index (χ0v) is 18.8. The Morgan fingerprint density at radius 2 is 1.61 bits per heavy atom. The highest BCUT2D eigenvalue weighted by Gasteiger charge is 2.25. The molecule has 1 aliphatic rings. The highest BCUT2D eigenvalue weighted by Crippen LogP contribution is 2.39. The van der Waals surface area contributed by atoms with Gasteiger partial charge in [0.25, 0.3) is 0 Å². The van der Waals surface area contributed by atoms with Crippen LogP contribution in [0.1, 0.15) is 56.1 Å². The van der Waals surface area contributed by atoms with Gasteiger partial charge in [0.2, 0.25) is 0 Å². The van der Waals surface area contributed by atoms with Crippen LogP contribution in [0.3, 0.4) is 0 Å². The highest BCUT2D eigenvalue weighted by molar-refractivity contribution is 5.65. The van der Waals surface area contributed by atoms with Crippen molar-refractivity contribution in [1.82, 2.24) is 0 Å². The van der Waals surface area contributed by atoms with Crippen LogP contribution >= 0.6 is 0 Å². The molecule has 1 fully saturated rings. The van der Waals surface area contributed by atoms with Gasteiger partial charge in [0.1, 0.15) is 17.3 Å². The number of ether oxygens (including phenoxy) is 1. The highest BCUT2D eigenvalue weighted by atomic mass is 19.2. The fraction of sp³-hybridized carbons (Fsp3) is 0.357. The number of rotatable bonds is 7. The molecule has 0 atom stereocenters. The SMILES string of the molecule is CCOc1ccc(C2CCC(CCc3ccc(-c4ccc(O)cc4)c(F)c3F)CC2)c(F)c1. The van der Waals surface area contributed by atoms with Crippen molar-refractivity contribution in [1.29, 1.82) is 0 Å². The molecular weight excluding hydrogens is 425 g/mol. The van der Waals surface area contributed by atoms with Gasteiger partial charge in [-0.1, -0.05) is 30.3 Å². The van der Waals surface area contributed by atoms with Gasteiger partial charge < -0.3 is 9.84 Å². The van der Waals surface area contributed by atoms with Gasteiger partial charge in [-0.2, -0.15) is 0 Å². The summed E-state index contributed by atoms with van der Waals surface area (Å²) in [7, 11) is 0. The van der Waals surface area contributed by atoms with Crippen LogP contribution in [0.15, 0.2) is 54.6 Å². The second kappa shape index (κ2) is 10.3. The van der Waals surface area contributed by atoms with Gasteiger partial charge in [-0.15, -0.1) is 0 Å². The minimum absolute atomic E-state index is 0.0798. The van der Waals surface area contributed by atoms with Crippen LogP contribution in [0.25, 0.3) is 11.1 Å². The van der Waals surface area contributed by atoms with Gasteiger partial charge >= 0.3 is 0 Å². The minimum Gasteiger partial charge on any atom is -0.508 e. The van der Waals surface area contributed by atoms with E-state index in [1.165, 1.54) is 18.2 Å². The Labute approximate surface area is 193 Å². The molecule has 33 heavy (non-hydrogen) atoms. The van der Waals surface area contributed by atoms with Gasteiger partial charge in [0.15, 0.2) is 11.6 Å². The molecule has 0 bridgehead atoms. The first-order chi connectivity index (χ1) is 16.0. The first-order valence-corrected chi connectivity index (χ1v) is 11.6. The summed E-state index contributed by atoms with van der Waals surface area (Å²) in [5.74, 6) is -0.620. The normalized spacial score (nSPS) is 18.3. The Hall–Kier alpha value is -2.95. The van der Waals surface area contributed by atoms with Gasteiger partial charge in [0.05, 0.1) is 6.61 Å². The summed E-state index contributed by atoms with van der Waals surface area (Å²) in [4.78, 5) is 0. The molecule has 2 nitrogen and oxygen atoms in total. The van der Waals surface area contributed by atoms with Crippen molar-refractivity contribution in [3.8, 4) is 22.6 Å². The number of aryl methyl sites for hydroxylation is 1. The molecule has 1 aliphatic carbocycles. The number of hydrogen-bond acceptors (Lipinski definition) is 2. The van der Waals surface area contributed by atoms with E-state index in [0.29, 0.717) is 35.8 Å². The Kier molecular flexibility index (Phi) is 7.26. The van der Waals surface area contributed by atoms with E-state index in [4.69, 9.17) is 4.74 Å². The molecule has 5 heteroatoms. The quantitative estimate of drug-likeness (QED) is 0.395. The van der Waals surface area contributed by atoms with E-state index in [0.717, 1.165) is 37.7 Å². The third-order valence-corrected chi connectivity index (χ3v) is 6.73. The van der Waals surface area contributed by atoms with E-state index in [-0.39, 0.29) is 23.0 Å². The molecule has 0 spiro atoms. The smallest absolute Gasteiger partial charge is 0.166 e. The number of halogens is 3. The Balaban J connectivity index is 1.34. The molecule has 3 aromatic carbocycles. The average molecular weight is 455 g/mol. The minimum atomic E-state index is -0.854. The van der Waals surface area contributed by atoms with Crippen LogP contribution in [0.2, 0.25) is 0 Å². The van der Waals surface area contributed by atoms with Crippen molar-refractivity contribution in [3.63, 3.8) is 0 Å². The topological polar surface area (TPSA) is 29.5 Å². The van der Waals surface area contributed by atoms with Gasteiger partial charge in [0, 0.05) is 11.6 Å². The molecule has 1 N–H and O–H groups in total. The number of benzene rings is 3. The van der Waals surface area contributed by atoms with Crippen molar-refractivity contribution in [2.75, 3.05) is 6.61 Å². The van der Waals surface area contributed by atoms with E-state index >= 15 is 0 Å². The monoisotopic (exact) mass is 454 g/mol. The molecule has 0 aromatic heterocycles. The second-order valence-corrected chi connectivity index (χ2v) is 8.82. The third kappa shape index (κ3) is 5.35. The van der Waals surface area contributed by atoms with E-state index in [9.17, 15) is 18.3 Å². The standard InChI is InChI=1S/C28H29F3O2/c1-2-33-23-14-16-24(26(29)17-23)19-6-3-18(4-7-19)5-8-21-11-15-25(28(31)27(21)30)20-9-12-22(32)13-10-20/h9-19,32H,2-8H2,1H3. The maximum absolute atomic E-state index is 14.7. The zero-order valence-electron chi connectivity index (χ0n) is 18.8. The van der Waals surface area contributed by atoms with Crippen LogP contribution in [-0.2, 0) is 6.42 Å². The fourth-order valence-electron chi connectivity index (χ4n) is 4.86. The first kappa shape index (κ1) is 23.2. The van der Waals surface area contributed by atoms with Crippen LogP contribution in [0.4, 0.5) is 13.2 Å². The largest absolute Gasteiger partial charge is 0.508 e. The number of phenols is 1. The Morgan fingerprint density at radius 3 is 2.27 bits per heavy atom. The summed E-state index contributed by atoms with van der Waals surface area (Å²) in [5.41, 5.74) is 1.84. The summed E-state index contributed by atoms with van der Waals surface area (Å²) < 4.78 is 49.3. The lowest BCUT2D eigenvalue weighted by atomic mass is 9.76. The molecule has 0 amide bonds. The van der Waals surface area contributed by atoms with Crippen molar-refractivity contribution in [2.45, 2.75) is 51.4 Å². The first-order valence-electron chi connectivity index (χ1n) is 11.6. The molecule has 4 rings (SSSR count). The maximum atomic E-state index is 14.7. The van der Waals surface area contributed by atoms with Gasteiger partial charge in [-0.3, -0.25) is 0 Å². The van der Waals surface area contributed by atoms with Crippen LogP contribution in [0.5, 0.6) is 11.5 Å². The van der Waals surface area contributed by atoms with Gasteiger partial charge in [-0.25, -0.2) is 13.2 Å². The Bertz CT molecular complexity index is 1090. The molecule has 1 saturated carbocycles. The van der Waals surface area contributed by atoms with Crippen molar-refractivity contribution < 1.29 is 23.0 Å². The number of hydrogen-bond donors (Lipinski definition) is 1. The molecule has 174 valence electrons. The molecule has 0 aliphatic heterocycles. The van der Waals surface area contributed by atoms with E-state index in [2.05, 4.69) is 0 Å². The van der Waals surface area contributed by atoms with Crippen LogP contribution in [-0.4, -0.2) is 11.7 Å². The Morgan fingerprint density at radius 1 is 0.879 bits per heavy atom. The molecule has 0 heterocycles. The molecule has 0 saturated heterocycles. The molecule has 3 aromatic rings. The lowest BCUT2D eigenvalue weighted by molar-refractivity contribution is 0.304. The average Bonchev–Trinajstić information content (AvgIpc) is 2.82. The molecule has 0 radical (unpaired) electrons. The van der Waals surface area contributed by atoms with Crippen LogP contribution in [0, 0.1) is 23.4 Å². The lowest BCUT2D eigenvalue weighted by Crippen LogP contribution is -2.15. The fourth-order valence-corrected chi connectivity index (χ4v) is 4.86. The number of phenolic OH excluding ortho intramolecular Hbond substituents is 1. The van der Waals surface area contributed by atoms with Gasteiger partial charge in [-0.05, 0) is 92.2 Å². The summed E-state index contributed by atoms with van der Waals surface area (Å²) >= 11 is 0. The molecular formula is C28H29F3O2. The van der Waals surface area contributed by atoms with E-state index in [1.807, 2.05) is 19.1 Å². The van der Waals surface area contributed by atoms with Crippen molar-refractivity contribution in [3.05, 3.63) is 83.2 Å². The zero-order chi connectivity index (χ0) is 23.4. The van der Waals surface area contributed by atoms with Crippen LogP contribution < -0.4 is 4.74 Å².